The highest BCUT2D eigenvalue weighted by Gasteiger charge is 2.36. The third kappa shape index (κ3) is 3.24. The zero-order valence-electron chi connectivity index (χ0n) is 12.7. The number of pyridine rings is 1. The van der Waals surface area contributed by atoms with Crippen LogP contribution in [-0.2, 0) is 4.74 Å². The second kappa shape index (κ2) is 5.60. The van der Waals surface area contributed by atoms with Crippen LogP contribution in [0.4, 0.5) is 4.79 Å². The van der Waals surface area contributed by atoms with Crippen LogP contribution in [0, 0.1) is 11.3 Å². The Morgan fingerprint density at radius 2 is 2.14 bits per heavy atom. The first-order valence-corrected chi connectivity index (χ1v) is 6.76. The van der Waals surface area contributed by atoms with Crippen molar-refractivity contribution in [3.05, 3.63) is 23.5 Å². The molecule has 112 valence electrons. The molecule has 0 atom stereocenters. The predicted octanol–water partition coefficient (Wildman–Crippen LogP) is 2.30. The molecule has 21 heavy (non-hydrogen) atoms. The molecule has 1 aliphatic heterocycles. The van der Waals surface area contributed by atoms with E-state index in [1.807, 2.05) is 32.9 Å². The largest absolute Gasteiger partial charge is 0.493 e. The van der Waals surface area contributed by atoms with Crippen LogP contribution in [0.25, 0.3) is 0 Å². The minimum Gasteiger partial charge on any atom is -0.493 e. The maximum atomic E-state index is 11.9. The van der Waals surface area contributed by atoms with E-state index in [1.54, 1.807) is 11.1 Å². The number of hydrogen-bond donors (Lipinski definition) is 0. The van der Waals surface area contributed by atoms with Gasteiger partial charge < -0.3 is 14.4 Å². The van der Waals surface area contributed by atoms with Crippen molar-refractivity contribution in [1.82, 2.24) is 9.88 Å². The fourth-order valence-electron chi connectivity index (χ4n) is 2.23. The number of nitrogens with zero attached hydrogens (tertiary/aromatic N) is 3. The fourth-order valence-corrected chi connectivity index (χ4v) is 2.23. The number of ether oxygens (including phenoxy) is 2. The third-order valence-electron chi connectivity index (χ3n) is 3.22. The highest BCUT2D eigenvalue weighted by atomic mass is 16.6. The van der Waals surface area contributed by atoms with Gasteiger partial charge in [0.1, 0.15) is 11.7 Å². The van der Waals surface area contributed by atoms with Crippen molar-refractivity contribution in [2.24, 2.45) is 0 Å². The summed E-state index contributed by atoms with van der Waals surface area (Å²) < 4.78 is 10.6. The lowest BCUT2D eigenvalue weighted by Gasteiger charge is -2.40. The van der Waals surface area contributed by atoms with Gasteiger partial charge in [-0.2, -0.15) is 5.26 Å². The molecule has 0 saturated carbocycles. The molecule has 2 rings (SSSR count). The number of amides is 1. The number of nitriles is 1. The maximum Gasteiger partial charge on any atom is 0.410 e. The highest BCUT2D eigenvalue weighted by Crippen LogP contribution is 2.35. The van der Waals surface area contributed by atoms with E-state index >= 15 is 0 Å². The molecule has 1 amide bonds. The van der Waals surface area contributed by atoms with E-state index in [-0.39, 0.29) is 17.7 Å². The minimum absolute atomic E-state index is 0.141. The second-order valence-corrected chi connectivity index (χ2v) is 5.98. The first-order chi connectivity index (χ1) is 9.85. The van der Waals surface area contributed by atoms with Crippen LogP contribution in [0.1, 0.15) is 37.9 Å². The average molecular weight is 289 g/mol. The van der Waals surface area contributed by atoms with Crippen LogP contribution in [0.15, 0.2) is 12.3 Å². The molecule has 0 aliphatic carbocycles. The van der Waals surface area contributed by atoms with Gasteiger partial charge in [0.15, 0.2) is 11.4 Å². The molecule has 6 nitrogen and oxygen atoms in total. The molecule has 1 aliphatic rings. The molecule has 1 saturated heterocycles. The summed E-state index contributed by atoms with van der Waals surface area (Å²) in [6, 6.07) is 3.84. The molecule has 2 heterocycles. The van der Waals surface area contributed by atoms with Gasteiger partial charge in [-0.05, 0) is 26.8 Å². The van der Waals surface area contributed by atoms with Gasteiger partial charge in [0.25, 0.3) is 0 Å². The quantitative estimate of drug-likeness (QED) is 0.835. The Kier molecular flexibility index (Phi) is 4.03. The summed E-state index contributed by atoms with van der Waals surface area (Å²) in [7, 11) is 1.52. The smallest absolute Gasteiger partial charge is 0.410 e. The first-order valence-electron chi connectivity index (χ1n) is 6.76. The number of carbonyl (C=O) groups excluding carboxylic acids is 1. The predicted molar refractivity (Wildman–Crippen MR) is 76.1 cm³/mol. The van der Waals surface area contributed by atoms with Crippen LogP contribution in [-0.4, -0.2) is 41.8 Å². The minimum atomic E-state index is -0.496. The monoisotopic (exact) mass is 289 g/mol. The van der Waals surface area contributed by atoms with Gasteiger partial charge in [0.05, 0.1) is 7.11 Å². The van der Waals surface area contributed by atoms with Crippen molar-refractivity contribution in [3.63, 3.8) is 0 Å². The van der Waals surface area contributed by atoms with Gasteiger partial charge >= 0.3 is 6.09 Å². The molecule has 1 aromatic rings. The van der Waals surface area contributed by atoms with Gasteiger partial charge in [0.2, 0.25) is 0 Å². The van der Waals surface area contributed by atoms with Crippen LogP contribution in [0.5, 0.6) is 5.75 Å². The van der Waals surface area contributed by atoms with Crippen molar-refractivity contribution in [3.8, 4) is 11.8 Å². The Morgan fingerprint density at radius 3 is 2.67 bits per heavy atom. The Hall–Kier alpha value is -2.29. The lowest BCUT2D eigenvalue weighted by Crippen LogP contribution is -2.50. The summed E-state index contributed by atoms with van der Waals surface area (Å²) in [4.78, 5) is 17.5. The third-order valence-corrected chi connectivity index (χ3v) is 3.22. The SMILES string of the molecule is COc1c(C2CN(C(=O)OC(C)(C)C)C2)ccnc1C#N. The Labute approximate surface area is 124 Å². The summed E-state index contributed by atoms with van der Waals surface area (Å²) in [5, 5.41) is 9.04. The molecule has 0 N–H and O–H groups in total. The Morgan fingerprint density at radius 1 is 1.48 bits per heavy atom. The van der Waals surface area contributed by atoms with E-state index in [9.17, 15) is 4.79 Å². The summed E-state index contributed by atoms with van der Waals surface area (Å²) in [6.07, 6.45) is 1.28. The number of likely N-dealkylation sites (tertiary alicyclic amines) is 1. The zero-order chi connectivity index (χ0) is 15.6. The molecule has 1 fully saturated rings. The number of rotatable bonds is 2. The van der Waals surface area contributed by atoms with E-state index in [2.05, 4.69) is 4.98 Å². The van der Waals surface area contributed by atoms with E-state index in [0.717, 1.165) is 5.56 Å². The highest BCUT2D eigenvalue weighted by molar-refractivity contribution is 5.70. The first kappa shape index (κ1) is 15.1. The fraction of sp³-hybridized carbons (Fsp3) is 0.533. The standard InChI is InChI=1S/C15H19N3O3/c1-15(2,3)21-14(19)18-8-10(9-18)11-5-6-17-12(7-16)13(11)20-4/h5-6,10H,8-9H2,1-4H3. The van der Waals surface area contributed by atoms with Crippen molar-refractivity contribution >= 4 is 6.09 Å². The van der Waals surface area contributed by atoms with Gasteiger partial charge in [-0.25, -0.2) is 9.78 Å². The van der Waals surface area contributed by atoms with Gasteiger partial charge in [-0.1, -0.05) is 0 Å². The van der Waals surface area contributed by atoms with Crippen molar-refractivity contribution < 1.29 is 14.3 Å². The molecular weight excluding hydrogens is 270 g/mol. The van der Waals surface area contributed by atoms with Crippen LogP contribution in [0.2, 0.25) is 0 Å². The summed E-state index contributed by atoms with van der Waals surface area (Å²) in [5.74, 6) is 0.636. The average Bonchev–Trinajstić information content (AvgIpc) is 2.34. The Bertz CT molecular complexity index is 581. The van der Waals surface area contributed by atoms with Crippen molar-refractivity contribution in [2.45, 2.75) is 32.3 Å². The molecule has 0 bridgehead atoms. The van der Waals surface area contributed by atoms with E-state index in [4.69, 9.17) is 14.7 Å². The molecular formula is C15H19N3O3. The molecule has 0 aromatic carbocycles. The van der Waals surface area contributed by atoms with E-state index < -0.39 is 5.60 Å². The molecule has 1 aromatic heterocycles. The normalized spacial score (nSPS) is 15.1. The zero-order valence-corrected chi connectivity index (χ0v) is 12.7. The molecule has 0 radical (unpaired) electrons. The summed E-state index contributed by atoms with van der Waals surface area (Å²) in [6.45, 7) is 6.63. The van der Waals surface area contributed by atoms with Crippen molar-refractivity contribution in [2.75, 3.05) is 20.2 Å². The van der Waals surface area contributed by atoms with Crippen LogP contribution < -0.4 is 4.74 Å². The summed E-state index contributed by atoms with van der Waals surface area (Å²) >= 11 is 0. The van der Waals surface area contributed by atoms with Gasteiger partial charge in [-0.3, -0.25) is 0 Å². The number of hydrogen-bond acceptors (Lipinski definition) is 5. The van der Waals surface area contributed by atoms with Crippen LogP contribution in [0.3, 0.4) is 0 Å². The molecule has 6 heteroatoms. The Balaban J connectivity index is 2.06. The van der Waals surface area contributed by atoms with Gasteiger partial charge in [-0.15, -0.1) is 0 Å². The molecule has 0 unspecified atom stereocenters. The number of carbonyl (C=O) groups is 1. The maximum absolute atomic E-state index is 11.9. The number of methoxy groups -OCH3 is 1. The topological polar surface area (TPSA) is 75.4 Å². The lowest BCUT2D eigenvalue weighted by atomic mass is 9.91. The number of aromatic nitrogens is 1. The van der Waals surface area contributed by atoms with Gasteiger partial charge in [0, 0.05) is 30.8 Å². The summed E-state index contributed by atoms with van der Waals surface area (Å²) in [5.41, 5.74) is 0.680. The van der Waals surface area contributed by atoms with E-state index in [0.29, 0.717) is 18.8 Å². The second-order valence-electron chi connectivity index (χ2n) is 5.98. The molecule has 0 spiro atoms. The van der Waals surface area contributed by atoms with E-state index in [1.165, 1.54) is 7.11 Å². The van der Waals surface area contributed by atoms with Crippen LogP contribution >= 0.6 is 0 Å². The van der Waals surface area contributed by atoms with Crippen molar-refractivity contribution in [1.29, 1.82) is 5.26 Å². The lowest BCUT2D eigenvalue weighted by molar-refractivity contribution is 0.00800.